The number of hydrogen-bond acceptors (Lipinski definition) is 4. The number of H-pyrrole nitrogens is 1. The lowest BCUT2D eigenvalue weighted by molar-refractivity contribution is 0.0645. The number of carbonyl (C=O) groups excluding carboxylic acids is 2. The fourth-order valence-electron chi connectivity index (χ4n) is 3.26. The SMILES string of the molecule is CN(C)CCN1C(=O)c2ccc3[nH]c4ccc(O)cc4c3c2C1=O.Cl. The highest BCUT2D eigenvalue weighted by atomic mass is 35.5. The van der Waals surface area contributed by atoms with Crippen molar-refractivity contribution < 1.29 is 14.7 Å². The quantitative estimate of drug-likeness (QED) is 0.705. The number of nitrogens with one attached hydrogen (secondary N) is 1. The summed E-state index contributed by atoms with van der Waals surface area (Å²) >= 11 is 0. The molecule has 0 saturated carbocycles. The minimum Gasteiger partial charge on any atom is -0.508 e. The lowest BCUT2D eigenvalue weighted by atomic mass is 10.0. The first-order chi connectivity index (χ1) is 11.5. The number of halogens is 1. The van der Waals surface area contributed by atoms with Gasteiger partial charge in [-0.2, -0.15) is 0 Å². The van der Waals surface area contributed by atoms with Gasteiger partial charge in [-0.25, -0.2) is 0 Å². The first-order valence-electron chi connectivity index (χ1n) is 7.75. The molecule has 2 amide bonds. The molecule has 130 valence electrons. The number of amides is 2. The van der Waals surface area contributed by atoms with E-state index < -0.39 is 0 Å². The van der Waals surface area contributed by atoms with Crippen molar-refractivity contribution in [3.63, 3.8) is 0 Å². The monoisotopic (exact) mass is 359 g/mol. The third kappa shape index (κ3) is 2.54. The maximum Gasteiger partial charge on any atom is 0.262 e. The molecule has 0 radical (unpaired) electrons. The fourth-order valence-corrected chi connectivity index (χ4v) is 3.26. The Hall–Kier alpha value is -2.57. The van der Waals surface area contributed by atoms with Gasteiger partial charge >= 0.3 is 0 Å². The first kappa shape index (κ1) is 17.3. The Morgan fingerprint density at radius 3 is 2.52 bits per heavy atom. The number of likely N-dealkylation sites (N-methyl/N-ethyl adjacent to an activating group) is 1. The van der Waals surface area contributed by atoms with E-state index in [0.29, 0.717) is 29.6 Å². The summed E-state index contributed by atoms with van der Waals surface area (Å²) in [6.07, 6.45) is 0. The molecule has 2 aromatic carbocycles. The molecule has 0 saturated heterocycles. The number of fused-ring (bicyclic) bond motifs is 5. The second-order valence-electron chi connectivity index (χ2n) is 6.33. The molecular weight excluding hydrogens is 342 g/mol. The summed E-state index contributed by atoms with van der Waals surface area (Å²) < 4.78 is 0. The Labute approximate surface area is 150 Å². The van der Waals surface area contributed by atoms with Crippen LogP contribution in [0.1, 0.15) is 20.7 Å². The molecule has 1 aromatic heterocycles. The fraction of sp³-hybridized carbons (Fsp3) is 0.222. The summed E-state index contributed by atoms with van der Waals surface area (Å²) in [7, 11) is 3.80. The molecule has 0 unspecified atom stereocenters. The summed E-state index contributed by atoms with van der Waals surface area (Å²) in [4.78, 5) is 32.0. The van der Waals surface area contributed by atoms with Gasteiger partial charge in [-0.05, 0) is 44.4 Å². The number of benzene rings is 2. The number of phenolic OH excluding ortho intramolecular Hbond substituents is 1. The van der Waals surface area contributed by atoms with E-state index in [9.17, 15) is 14.7 Å². The van der Waals surface area contributed by atoms with Crippen LogP contribution in [0.25, 0.3) is 21.8 Å². The zero-order chi connectivity index (χ0) is 17.0. The largest absolute Gasteiger partial charge is 0.508 e. The zero-order valence-corrected chi connectivity index (χ0v) is 14.7. The van der Waals surface area contributed by atoms with Crippen molar-refractivity contribution in [2.24, 2.45) is 0 Å². The maximum absolute atomic E-state index is 12.9. The predicted octanol–water partition coefficient (Wildman–Crippen LogP) is 2.61. The van der Waals surface area contributed by atoms with Gasteiger partial charge in [-0.1, -0.05) is 0 Å². The van der Waals surface area contributed by atoms with E-state index in [1.807, 2.05) is 25.1 Å². The van der Waals surface area contributed by atoms with Gasteiger partial charge in [0.2, 0.25) is 0 Å². The molecule has 1 aliphatic heterocycles. The third-order valence-electron chi connectivity index (χ3n) is 4.45. The van der Waals surface area contributed by atoms with Gasteiger partial charge in [0.25, 0.3) is 11.8 Å². The highest BCUT2D eigenvalue weighted by molar-refractivity contribution is 6.30. The van der Waals surface area contributed by atoms with Crippen molar-refractivity contribution in [3.05, 3.63) is 41.5 Å². The molecule has 0 atom stereocenters. The summed E-state index contributed by atoms with van der Waals surface area (Å²) in [5.74, 6) is -0.401. The minimum atomic E-state index is -0.272. The molecule has 6 nitrogen and oxygen atoms in total. The molecule has 3 aromatic rings. The Morgan fingerprint density at radius 2 is 1.80 bits per heavy atom. The summed E-state index contributed by atoms with van der Waals surface area (Å²) in [6.45, 7) is 0.970. The molecule has 0 bridgehead atoms. The van der Waals surface area contributed by atoms with Crippen LogP contribution < -0.4 is 0 Å². The van der Waals surface area contributed by atoms with Crippen molar-refractivity contribution in [2.75, 3.05) is 27.2 Å². The smallest absolute Gasteiger partial charge is 0.262 e. The van der Waals surface area contributed by atoms with Crippen LogP contribution in [0, 0.1) is 0 Å². The standard InChI is InChI=1S/C18H17N3O3.ClH/c1-20(2)7-8-21-17(23)11-4-6-14-15(16(11)18(21)24)12-9-10(22)3-5-13(12)19-14;/h3-6,9,19,22H,7-8H2,1-2H3;1H. The number of aromatic hydroxyl groups is 1. The molecule has 1 aliphatic rings. The van der Waals surface area contributed by atoms with Crippen LogP contribution in [0.5, 0.6) is 5.75 Å². The lowest BCUT2D eigenvalue weighted by Gasteiger charge is -2.16. The van der Waals surface area contributed by atoms with E-state index in [-0.39, 0.29) is 30.0 Å². The third-order valence-corrected chi connectivity index (χ3v) is 4.45. The minimum absolute atomic E-state index is 0. The van der Waals surface area contributed by atoms with Gasteiger partial charge in [0, 0.05) is 34.9 Å². The Balaban J connectivity index is 0.00000182. The number of aromatic amines is 1. The van der Waals surface area contributed by atoms with Gasteiger partial charge in [0.1, 0.15) is 5.75 Å². The molecule has 0 fully saturated rings. The van der Waals surface area contributed by atoms with Gasteiger partial charge in [0.15, 0.2) is 0 Å². The van der Waals surface area contributed by atoms with Crippen LogP contribution in [0.15, 0.2) is 30.3 Å². The number of hydrogen-bond donors (Lipinski definition) is 2. The maximum atomic E-state index is 12.9. The Morgan fingerprint density at radius 1 is 1.08 bits per heavy atom. The second kappa shape index (κ2) is 6.06. The van der Waals surface area contributed by atoms with Crippen molar-refractivity contribution in [1.29, 1.82) is 0 Å². The van der Waals surface area contributed by atoms with Crippen LogP contribution in [0.4, 0.5) is 0 Å². The van der Waals surface area contributed by atoms with Gasteiger partial charge in [0.05, 0.1) is 11.1 Å². The van der Waals surface area contributed by atoms with Gasteiger partial charge in [-0.3, -0.25) is 14.5 Å². The van der Waals surface area contributed by atoms with Gasteiger partial charge < -0.3 is 15.0 Å². The number of imide groups is 1. The average molecular weight is 360 g/mol. The summed E-state index contributed by atoms with van der Waals surface area (Å²) in [5.41, 5.74) is 2.46. The number of phenols is 1. The van der Waals surface area contributed by atoms with Crippen LogP contribution >= 0.6 is 12.4 Å². The topological polar surface area (TPSA) is 76.6 Å². The average Bonchev–Trinajstić information content (AvgIpc) is 3.01. The lowest BCUT2D eigenvalue weighted by Crippen LogP contribution is -2.35. The molecule has 25 heavy (non-hydrogen) atoms. The van der Waals surface area contributed by atoms with Crippen LogP contribution in [0.3, 0.4) is 0 Å². The summed E-state index contributed by atoms with van der Waals surface area (Å²) in [5, 5.41) is 11.2. The van der Waals surface area contributed by atoms with E-state index in [1.165, 1.54) is 4.90 Å². The number of carbonyl (C=O) groups is 2. The van der Waals surface area contributed by atoms with Crippen LogP contribution in [-0.2, 0) is 0 Å². The van der Waals surface area contributed by atoms with Crippen LogP contribution in [0.2, 0.25) is 0 Å². The normalized spacial score (nSPS) is 13.8. The molecule has 4 rings (SSSR count). The van der Waals surface area contributed by atoms with Crippen molar-refractivity contribution in [2.45, 2.75) is 0 Å². The van der Waals surface area contributed by atoms with E-state index in [0.717, 1.165) is 16.4 Å². The van der Waals surface area contributed by atoms with E-state index in [4.69, 9.17) is 0 Å². The Bertz CT molecular complexity index is 1010. The molecule has 0 spiro atoms. The highest BCUT2D eigenvalue weighted by Gasteiger charge is 2.37. The summed E-state index contributed by atoms with van der Waals surface area (Å²) in [6, 6.07) is 8.49. The molecule has 7 heteroatoms. The first-order valence-corrected chi connectivity index (χ1v) is 7.75. The number of rotatable bonds is 3. The number of nitrogens with zero attached hydrogens (tertiary/aromatic N) is 2. The van der Waals surface area contributed by atoms with Gasteiger partial charge in [-0.15, -0.1) is 12.4 Å². The molecular formula is C18H18ClN3O3. The zero-order valence-electron chi connectivity index (χ0n) is 13.9. The van der Waals surface area contributed by atoms with E-state index in [1.54, 1.807) is 24.3 Å². The molecule has 2 heterocycles. The number of aromatic nitrogens is 1. The predicted molar refractivity (Wildman–Crippen MR) is 98.6 cm³/mol. The van der Waals surface area contributed by atoms with Crippen molar-refractivity contribution >= 4 is 46.0 Å². The van der Waals surface area contributed by atoms with Crippen LogP contribution in [-0.4, -0.2) is 58.9 Å². The molecule has 0 aliphatic carbocycles. The second-order valence-corrected chi connectivity index (χ2v) is 6.33. The van der Waals surface area contributed by atoms with Crippen molar-refractivity contribution in [3.8, 4) is 5.75 Å². The van der Waals surface area contributed by atoms with E-state index in [2.05, 4.69) is 4.98 Å². The molecule has 2 N–H and O–H groups in total. The van der Waals surface area contributed by atoms with Crippen molar-refractivity contribution in [1.82, 2.24) is 14.8 Å². The Kier molecular flexibility index (Phi) is 4.18. The van der Waals surface area contributed by atoms with E-state index >= 15 is 0 Å². The highest BCUT2D eigenvalue weighted by Crippen LogP contribution is 2.36.